The summed E-state index contributed by atoms with van der Waals surface area (Å²) in [7, 11) is 3.22. The van der Waals surface area contributed by atoms with Gasteiger partial charge in [-0.15, -0.1) is 0 Å². The molecule has 35 heavy (non-hydrogen) atoms. The molecule has 0 radical (unpaired) electrons. The Morgan fingerprint density at radius 2 is 1.74 bits per heavy atom. The van der Waals surface area contributed by atoms with Crippen molar-refractivity contribution in [1.29, 1.82) is 0 Å². The summed E-state index contributed by atoms with van der Waals surface area (Å²) in [5, 5.41) is 0. The molecule has 1 heterocycles. The van der Waals surface area contributed by atoms with Gasteiger partial charge in [0.2, 0.25) is 11.8 Å². The standard InChI is InChI=1S/C28H40N2O5/c1-20(2)28(32)30(23-9-7-6-8-10-23)19-27(31)29(18-24-13-11-21(3)35-24)16-15-22-12-14-25(33-4)26(17-22)34-5/h11-14,17,20,23H,6-10,15-16,18-19H2,1-5H3. The molecule has 2 amide bonds. The topological polar surface area (TPSA) is 72.2 Å². The summed E-state index contributed by atoms with van der Waals surface area (Å²) >= 11 is 0. The minimum absolute atomic E-state index is 0.0546. The van der Waals surface area contributed by atoms with E-state index in [1.807, 2.05) is 56.0 Å². The smallest absolute Gasteiger partial charge is 0.242 e. The van der Waals surface area contributed by atoms with E-state index in [9.17, 15) is 9.59 Å². The van der Waals surface area contributed by atoms with Crippen LogP contribution in [0.2, 0.25) is 0 Å². The number of rotatable bonds is 11. The average molecular weight is 485 g/mol. The third-order valence-corrected chi connectivity index (χ3v) is 6.71. The molecule has 0 N–H and O–H groups in total. The Morgan fingerprint density at radius 1 is 1.03 bits per heavy atom. The Kier molecular flexibility index (Phi) is 9.64. The van der Waals surface area contributed by atoms with Gasteiger partial charge < -0.3 is 23.7 Å². The molecule has 7 heteroatoms. The molecule has 1 saturated carbocycles. The van der Waals surface area contributed by atoms with Crippen LogP contribution in [0.5, 0.6) is 11.5 Å². The van der Waals surface area contributed by atoms with E-state index in [0.29, 0.717) is 31.0 Å². The number of hydrogen-bond donors (Lipinski definition) is 0. The number of benzene rings is 1. The number of methoxy groups -OCH3 is 2. The van der Waals surface area contributed by atoms with E-state index in [-0.39, 0.29) is 30.3 Å². The summed E-state index contributed by atoms with van der Waals surface area (Å²) in [6.45, 7) is 6.68. The summed E-state index contributed by atoms with van der Waals surface area (Å²) in [4.78, 5) is 30.3. The first-order chi connectivity index (χ1) is 16.8. The molecule has 1 aromatic carbocycles. The van der Waals surface area contributed by atoms with E-state index in [1.165, 1.54) is 6.42 Å². The molecule has 7 nitrogen and oxygen atoms in total. The zero-order valence-corrected chi connectivity index (χ0v) is 21.8. The van der Waals surface area contributed by atoms with E-state index in [1.54, 1.807) is 19.1 Å². The molecule has 1 fully saturated rings. The molecular weight excluding hydrogens is 444 g/mol. The Bertz CT molecular complexity index is 977. The minimum atomic E-state index is -0.141. The Balaban J connectivity index is 1.78. The quantitative estimate of drug-likeness (QED) is 0.449. The van der Waals surface area contributed by atoms with Crippen molar-refractivity contribution in [3.63, 3.8) is 0 Å². The number of aryl methyl sites for hydroxylation is 1. The first kappa shape index (κ1) is 26.6. The molecule has 0 spiro atoms. The van der Waals surface area contributed by atoms with Crippen LogP contribution in [-0.2, 0) is 22.6 Å². The second-order valence-electron chi connectivity index (χ2n) is 9.68. The number of carbonyl (C=O) groups is 2. The highest BCUT2D eigenvalue weighted by Gasteiger charge is 2.30. The maximum absolute atomic E-state index is 13.6. The van der Waals surface area contributed by atoms with Crippen LogP contribution in [0.25, 0.3) is 0 Å². The van der Waals surface area contributed by atoms with Crippen molar-refractivity contribution in [2.45, 2.75) is 71.9 Å². The fourth-order valence-corrected chi connectivity index (χ4v) is 4.71. The first-order valence-electron chi connectivity index (χ1n) is 12.7. The lowest BCUT2D eigenvalue weighted by Crippen LogP contribution is -2.49. The highest BCUT2D eigenvalue weighted by molar-refractivity contribution is 5.86. The zero-order valence-electron chi connectivity index (χ0n) is 21.8. The summed E-state index contributed by atoms with van der Waals surface area (Å²) < 4.78 is 16.6. The average Bonchev–Trinajstić information content (AvgIpc) is 3.29. The number of amides is 2. The Labute approximate surface area is 209 Å². The molecule has 0 saturated heterocycles. The van der Waals surface area contributed by atoms with Gasteiger partial charge in [-0.25, -0.2) is 0 Å². The molecule has 2 aromatic rings. The molecule has 1 aliphatic rings. The van der Waals surface area contributed by atoms with Crippen molar-refractivity contribution >= 4 is 11.8 Å². The van der Waals surface area contributed by atoms with Crippen LogP contribution in [-0.4, -0.2) is 55.0 Å². The Morgan fingerprint density at radius 3 is 2.34 bits per heavy atom. The second kappa shape index (κ2) is 12.7. The van der Waals surface area contributed by atoms with E-state index in [0.717, 1.165) is 42.8 Å². The fourth-order valence-electron chi connectivity index (χ4n) is 4.71. The van der Waals surface area contributed by atoms with Gasteiger partial charge in [0.1, 0.15) is 18.1 Å². The van der Waals surface area contributed by atoms with Gasteiger partial charge in [0.25, 0.3) is 0 Å². The van der Waals surface area contributed by atoms with Gasteiger partial charge in [-0.3, -0.25) is 9.59 Å². The van der Waals surface area contributed by atoms with Crippen LogP contribution in [0, 0.1) is 12.8 Å². The molecule has 1 aromatic heterocycles. The third-order valence-electron chi connectivity index (χ3n) is 6.71. The van der Waals surface area contributed by atoms with Crippen molar-refractivity contribution in [3.05, 3.63) is 47.4 Å². The predicted octanol–water partition coefficient (Wildman–Crippen LogP) is 4.99. The summed E-state index contributed by atoms with van der Waals surface area (Å²) in [6, 6.07) is 9.75. The van der Waals surface area contributed by atoms with Crippen LogP contribution >= 0.6 is 0 Å². The van der Waals surface area contributed by atoms with Crippen molar-refractivity contribution < 1.29 is 23.5 Å². The SMILES string of the molecule is COc1ccc(CCN(Cc2ccc(C)o2)C(=O)CN(C(=O)C(C)C)C2CCCCC2)cc1OC. The monoisotopic (exact) mass is 484 g/mol. The van der Waals surface area contributed by atoms with Gasteiger partial charge in [-0.05, 0) is 56.0 Å². The maximum atomic E-state index is 13.6. The van der Waals surface area contributed by atoms with Crippen molar-refractivity contribution in [2.75, 3.05) is 27.3 Å². The summed E-state index contributed by atoms with van der Waals surface area (Å²) in [6.07, 6.45) is 5.99. The number of hydrogen-bond acceptors (Lipinski definition) is 5. The third kappa shape index (κ3) is 7.26. The normalized spacial score (nSPS) is 14.1. The van der Waals surface area contributed by atoms with Crippen LogP contribution in [0.1, 0.15) is 63.0 Å². The molecule has 0 atom stereocenters. The van der Waals surface area contributed by atoms with Gasteiger partial charge in [0.05, 0.1) is 20.8 Å². The molecule has 192 valence electrons. The van der Waals surface area contributed by atoms with Gasteiger partial charge in [0, 0.05) is 18.5 Å². The fraction of sp³-hybridized carbons (Fsp3) is 0.571. The van der Waals surface area contributed by atoms with Gasteiger partial charge in [0.15, 0.2) is 11.5 Å². The highest BCUT2D eigenvalue weighted by atomic mass is 16.5. The number of nitrogens with zero attached hydrogens (tertiary/aromatic N) is 2. The lowest BCUT2D eigenvalue weighted by Gasteiger charge is -2.36. The molecule has 0 unspecified atom stereocenters. The number of ether oxygens (including phenoxy) is 2. The lowest BCUT2D eigenvalue weighted by atomic mass is 9.93. The van der Waals surface area contributed by atoms with Crippen LogP contribution < -0.4 is 9.47 Å². The Hall–Kier alpha value is -2.96. The van der Waals surface area contributed by atoms with Crippen LogP contribution in [0.15, 0.2) is 34.7 Å². The van der Waals surface area contributed by atoms with E-state index < -0.39 is 0 Å². The van der Waals surface area contributed by atoms with Crippen LogP contribution in [0.4, 0.5) is 0 Å². The van der Waals surface area contributed by atoms with Gasteiger partial charge in [-0.1, -0.05) is 39.2 Å². The highest BCUT2D eigenvalue weighted by Crippen LogP contribution is 2.28. The van der Waals surface area contributed by atoms with Crippen LogP contribution in [0.3, 0.4) is 0 Å². The molecular formula is C28H40N2O5. The predicted molar refractivity (Wildman–Crippen MR) is 136 cm³/mol. The van der Waals surface area contributed by atoms with Crippen molar-refractivity contribution in [1.82, 2.24) is 9.80 Å². The maximum Gasteiger partial charge on any atom is 0.242 e. The molecule has 0 aliphatic heterocycles. The number of furan rings is 1. The molecule has 3 rings (SSSR count). The summed E-state index contributed by atoms with van der Waals surface area (Å²) in [5.41, 5.74) is 1.04. The van der Waals surface area contributed by atoms with E-state index in [2.05, 4.69) is 0 Å². The van der Waals surface area contributed by atoms with Crippen molar-refractivity contribution in [2.24, 2.45) is 5.92 Å². The molecule has 1 aliphatic carbocycles. The first-order valence-corrected chi connectivity index (χ1v) is 12.7. The number of carbonyl (C=O) groups excluding carboxylic acids is 2. The minimum Gasteiger partial charge on any atom is -0.493 e. The van der Waals surface area contributed by atoms with Crippen molar-refractivity contribution in [3.8, 4) is 11.5 Å². The van der Waals surface area contributed by atoms with E-state index in [4.69, 9.17) is 13.9 Å². The largest absolute Gasteiger partial charge is 0.493 e. The zero-order chi connectivity index (χ0) is 25.4. The lowest BCUT2D eigenvalue weighted by molar-refractivity contribution is -0.145. The molecule has 0 bridgehead atoms. The summed E-state index contributed by atoms with van der Waals surface area (Å²) in [5.74, 6) is 2.74. The van der Waals surface area contributed by atoms with E-state index >= 15 is 0 Å². The second-order valence-corrected chi connectivity index (χ2v) is 9.68. The van der Waals surface area contributed by atoms with Gasteiger partial charge in [-0.2, -0.15) is 0 Å². The van der Waals surface area contributed by atoms with Gasteiger partial charge >= 0.3 is 0 Å².